The van der Waals surface area contributed by atoms with E-state index in [1.165, 1.54) is 13.4 Å². The summed E-state index contributed by atoms with van der Waals surface area (Å²) in [7, 11) is -1.56. The summed E-state index contributed by atoms with van der Waals surface area (Å²) in [6.45, 7) is 0.293. The van der Waals surface area contributed by atoms with Gasteiger partial charge in [-0.25, -0.2) is 13.4 Å². The highest BCUT2D eigenvalue weighted by atomic mass is 32.2. The maximum atomic E-state index is 12.1. The van der Waals surface area contributed by atoms with Gasteiger partial charge in [-0.3, -0.25) is 4.79 Å². The van der Waals surface area contributed by atoms with Gasteiger partial charge in [0.15, 0.2) is 9.84 Å². The van der Waals surface area contributed by atoms with Crippen molar-refractivity contribution in [2.24, 2.45) is 0 Å². The molecular formula is C16H18N2O4S. The van der Waals surface area contributed by atoms with E-state index >= 15 is 0 Å². The third kappa shape index (κ3) is 5.07. The van der Waals surface area contributed by atoms with Crippen LogP contribution in [0.2, 0.25) is 0 Å². The Hall–Kier alpha value is -2.41. The lowest BCUT2D eigenvalue weighted by Crippen LogP contribution is -2.23. The van der Waals surface area contributed by atoms with E-state index in [9.17, 15) is 13.2 Å². The number of ether oxygens (including phenoxy) is 1. The topological polar surface area (TPSA) is 85.4 Å². The van der Waals surface area contributed by atoms with Crippen LogP contribution in [0.3, 0.4) is 0 Å². The van der Waals surface area contributed by atoms with E-state index in [1.54, 1.807) is 36.5 Å². The van der Waals surface area contributed by atoms with Crippen LogP contribution >= 0.6 is 0 Å². The monoisotopic (exact) mass is 334 g/mol. The number of sulfone groups is 1. The smallest absolute Gasteiger partial charge is 0.251 e. The standard InChI is InChI=1S/C16H18N2O4S/c1-22-16-14(4-3-9-17-16)10-18-15(19)13-7-5-12(6-8-13)11-23(2,20)21/h3-9H,10-11H2,1-2H3,(H,18,19). The molecule has 1 aromatic heterocycles. The number of aromatic nitrogens is 1. The molecule has 0 aliphatic heterocycles. The number of hydrogen-bond donors (Lipinski definition) is 1. The van der Waals surface area contributed by atoms with Crippen molar-refractivity contribution in [3.8, 4) is 5.88 Å². The van der Waals surface area contributed by atoms with E-state index in [0.29, 0.717) is 23.6 Å². The van der Waals surface area contributed by atoms with Gasteiger partial charge in [0, 0.05) is 30.1 Å². The average Bonchev–Trinajstić information content (AvgIpc) is 2.52. The molecule has 0 bridgehead atoms. The number of amides is 1. The number of carbonyl (C=O) groups is 1. The molecule has 0 fully saturated rings. The van der Waals surface area contributed by atoms with E-state index in [4.69, 9.17) is 4.74 Å². The minimum atomic E-state index is -3.09. The second-order valence-corrected chi connectivity index (χ2v) is 7.26. The SMILES string of the molecule is COc1ncccc1CNC(=O)c1ccc(CS(C)(=O)=O)cc1. The van der Waals surface area contributed by atoms with Gasteiger partial charge in [-0.2, -0.15) is 0 Å². The maximum absolute atomic E-state index is 12.1. The fourth-order valence-corrected chi connectivity index (χ4v) is 2.87. The van der Waals surface area contributed by atoms with Gasteiger partial charge in [-0.15, -0.1) is 0 Å². The van der Waals surface area contributed by atoms with E-state index in [2.05, 4.69) is 10.3 Å². The van der Waals surface area contributed by atoms with Gasteiger partial charge in [0.25, 0.3) is 5.91 Å². The summed E-state index contributed by atoms with van der Waals surface area (Å²) in [5.41, 5.74) is 1.89. The Morgan fingerprint density at radius 2 is 1.91 bits per heavy atom. The molecule has 23 heavy (non-hydrogen) atoms. The van der Waals surface area contributed by atoms with Gasteiger partial charge in [-0.1, -0.05) is 18.2 Å². The second-order valence-electron chi connectivity index (χ2n) is 5.12. The van der Waals surface area contributed by atoms with E-state index < -0.39 is 9.84 Å². The molecule has 1 aromatic carbocycles. The van der Waals surface area contributed by atoms with Gasteiger partial charge in [0.2, 0.25) is 5.88 Å². The minimum Gasteiger partial charge on any atom is -0.481 e. The average molecular weight is 334 g/mol. The van der Waals surface area contributed by atoms with Crippen LogP contribution in [-0.2, 0) is 22.1 Å². The molecule has 0 unspecified atom stereocenters. The van der Waals surface area contributed by atoms with E-state index in [-0.39, 0.29) is 11.7 Å². The third-order valence-electron chi connectivity index (χ3n) is 3.13. The normalized spacial score (nSPS) is 11.0. The Morgan fingerprint density at radius 3 is 2.52 bits per heavy atom. The number of nitrogens with one attached hydrogen (secondary N) is 1. The van der Waals surface area contributed by atoms with Crippen molar-refractivity contribution in [1.82, 2.24) is 10.3 Å². The zero-order valence-corrected chi connectivity index (χ0v) is 13.8. The molecule has 0 spiro atoms. The van der Waals surface area contributed by atoms with E-state index in [1.807, 2.05) is 6.07 Å². The summed E-state index contributed by atoms with van der Waals surface area (Å²) in [4.78, 5) is 16.2. The quantitative estimate of drug-likeness (QED) is 0.866. The minimum absolute atomic E-state index is 0.0399. The number of rotatable bonds is 6. The Balaban J connectivity index is 2.01. The van der Waals surface area contributed by atoms with Crippen LogP contribution in [-0.4, -0.2) is 32.7 Å². The number of methoxy groups -OCH3 is 1. The maximum Gasteiger partial charge on any atom is 0.251 e. The summed E-state index contributed by atoms with van der Waals surface area (Å²) in [5.74, 6) is 0.181. The Morgan fingerprint density at radius 1 is 1.22 bits per heavy atom. The lowest BCUT2D eigenvalue weighted by Gasteiger charge is -2.09. The van der Waals surface area contributed by atoms with Crippen molar-refractivity contribution in [2.45, 2.75) is 12.3 Å². The number of pyridine rings is 1. The molecule has 0 aliphatic carbocycles. The van der Waals surface area contributed by atoms with Crippen LogP contribution < -0.4 is 10.1 Å². The third-order valence-corrected chi connectivity index (χ3v) is 3.99. The number of hydrogen-bond acceptors (Lipinski definition) is 5. The van der Waals surface area contributed by atoms with E-state index in [0.717, 1.165) is 5.56 Å². The first-order valence-corrected chi connectivity index (χ1v) is 8.98. The predicted octanol–water partition coefficient (Wildman–Crippen LogP) is 1.56. The van der Waals surface area contributed by atoms with Crippen molar-refractivity contribution in [2.75, 3.05) is 13.4 Å². The zero-order valence-electron chi connectivity index (χ0n) is 12.9. The van der Waals surface area contributed by atoms with Crippen LogP contribution in [0.1, 0.15) is 21.5 Å². The molecule has 2 rings (SSSR count). The number of benzene rings is 1. The van der Waals surface area contributed by atoms with Crippen LogP contribution in [0.25, 0.3) is 0 Å². The highest BCUT2D eigenvalue weighted by Crippen LogP contribution is 2.13. The first kappa shape index (κ1) is 17.0. The molecule has 1 N–H and O–H groups in total. The molecular weight excluding hydrogens is 316 g/mol. The highest BCUT2D eigenvalue weighted by Gasteiger charge is 2.09. The van der Waals surface area contributed by atoms with Gasteiger partial charge < -0.3 is 10.1 Å². The second kappa shape index (κ2) is 7.23. The molecule has 2 aromatic rings. The lowest BCUT2D eigenvalue weighted by molar-refractivity contribution is 0.0950. The van der Waals surface area contributed by atoms with Crippen molar-refractivity contribution < 1.29 is 17.9 Å². The van der Waals surface area contributed by atoms with Gasteiger partial charge >= 0.3 is 0 Å². The molecule has 0 radical (unpaired) electrons. The molecule has 0 aliphatic rings. The lowest BCUT2D eigenvalue weighted by atomic mass is 10.1. The number of nitrogens with zero attached hydrogens (tertiary/aromatic N) is 1. The van der Waals surface area contributed by atoms with Crippen LogP contribution in [0.15, 0.2) is 42.6 Å². The first-order valence-electron chi connectivity index (χ1n) is 6.92. The molecule has 7 heteroatoms. The molecule has 6 nitrogen and oxygen atoms in total. The molecule has 0 saturated heterocycles. The fraction of sp³-hybridized carbons (Fsp3) is 0.250. The molecule has 122 valence electrons. The van der Waals surface area contributed by atoms with Crippen LogP contribution in [0.5, 0.6) is 5.88 Å². The predicted molar refractivity (Wildman–Crippen MR) is 86.9 cm³/mol. The van der Waals surface area contributed by atoms with Gasteiger partial charge in [0.05, 0.1) is 12.9 Å². The van der Waals surface area contributed by atoms with Crippen LogP contribution in [0.4, 0.5) is 0 Å². The summed E-state index contributed by atoms with van der Waals surface area (Å²) in [6, 6.07) is 10.1. The molecule has 0 atom stereocenters. The zero-order chi connectivity index (χ0) is 16.9. The Bertz CT molecular complexity index is 786. The summed E-state index contributed by atoms with van der Waals surface area (Å²) >= 11 is 0. The molecule has 0 saturated carbocycles. The van der Waals surface area contributed by atoms with Gasteiger partial charge in [0.1, 0.15) is 0 Å². The van der Waals surface area contributed by atoms with Crippen molar-refractivity contribution >= 4 is 15.7 Å². The summed E-state index contributed by atoms with van der Waals surface area (Å²) < 4.78 is 27.6. The molecule has 1 heterocycles. The fourth-order valence-electron chi connectivity index (χ4n) is 2.08. The first-order chi connectivity index (χ1) is 10.9. The van der Waals surface area contributed by atoms with Gasteiger partial charge in [-0.05, 0) is 23.8 Å². The Kier molecular flexibility index (Phi) is 5.33. The largest absolute Gasteiger partial charge is 0.481 e. The van der Waals surface area contributed by atoms with Crippen molar-refractivity contribution in [3.05, 3.63) is 59.3 Å². The summed E-state index contributed by atoms with van der Waals surface area (Å²) in [5, 5.41) is 2.78. The van der Waals surface area contributed by atoms with Crippen molar-refractivity contribution in [3.63, 3.8) is 0 Å². The molecule has 1 amide bonds. The summed E-state index contributed by atoms with van der Waals surface area (Å²) in [6.07, 6.45) is 2.79. The highest BCUT2D eigenvalue weighted by molar-refractivity contribution is 7.89. The van der Waals surface area contributed by atoms with Crippen molar-refractivity contribution in [1.29, 1.82) is 0 Å². The van der Waals surface area contributed by atoms with Crippen LogP contribution in [0, 0.1) is 0 Å². The Labute approximate surface area is 135 Å². The number of carbonyl (C=O) groups excluding carboxylic acids is 1.